The molecule has 0 amide bonds. The van der Waals surface area contributed by atoms with Crippen LogP contribution >= 0.6 is 0 Å². The van der Waals surface area contributed by atoms with Crippen LogP contribution in [-0.4, -0.2) is 36.6 Å². The molecule has 0 bridgehead atoms. The van der Waals surface area contributed by atoms with Crippen LogP contribution in [0, 0.1) is 23.2 Å². The number of likely N-dealkylation sites (tertiary alicyclic amines) is 1. The van der Waals surface area contributed by atoms with Crippen molar-refractivity contribution in [2.75, 3.05) is 19.6 Å². The van der Waals surface area contributed by atoms with Gasteiger partial charge in [-0.1, -0.05) is 32.1 Å². The Bertz CT molecular complexity index is 339. The van der Waals surface area contributed by atoms with Gasteiger partial charge >= 0.3 is 0 Å². The van der Waals surface area contributed by atoms with Crippen LogP contribution in [-0.2, 0) is 0 Å². The molecule has 2 saturated carbocycles. The predicted octanol–water partition coefficient (Wildman–Crippen LogP) is 2.92. The minimum absolute atomic E-state index is 0.615. The lowest BCUT2D eigenvalue weighted by molar-refractivity contribution is 0.135. The van der Waals surface area contributed by atoms with Gasteiger partial charge in [0.25, 0.3) is 0 Å². The summed E-state index contributed by atoms with van der Waals surface area (Å²) in [6.07, 6.45) is 12.6. The molecule has 20 heavy (non-hydrogen) atoms. The third-order valence-electron chi connectivity index (χ3n) is 5.35. The molecule has 0 aromatic rings. The Balaban J connectivity index is 1.52. The van der Waals surface area contributed by atoms with E-state index in [1.807, 2.05) is 0 Å². The van der Waals surface area contributed by atoms with Gasteiger partial charge in [0.15, 0.2) is 0 Å². The van der Waals surface area contributed by atoms with E-state index in [0.717, 1.165) is 31.0 Å². The van der Waals surface area contributed by atoms with Crippen molar-refractivity contribution in [1.29, 1.82) is 5.26 Å². The summed E-state index contributed by atoms with van der Waals surface area (Å²) in [6, 6.07) is 3.73. The first-order chi connectivity index (χ1) is 9.83. The number of nitriles is 1. The Hall–Kier alpha value is -0.590. The average Bonchev–Trinajstić information content (AvgIpc) is 3.24. The normalized spacial score (nSPS) is 33.0. The van der Waals surface area contributed by atoms with Crippen molar-refractivity contribution < 1.29 is 0 Å². The Labute approximate surface area is 123 Å². The molecule has 3 aliphatic rings. The fourth-order valence-corrected chi connectivity index (χ4v) is 4.25. The van der Waals surface area contributed by atoms with Crippen LogP contribution in [0.2, 0.25) is 0 Å². The second kappa shape index (κ2) is 6.91. The Kier molecular flexibility index (Phi) is 4.96. The largest absolute Gasteiger partial charge is 0.310 e. The Morgan fingerprint density at radius 2 is 1.75 bits per heavy atom. The average molecular weight is 275 g/mol. The molecule has 3 nitrogen and oxygen atoms in total. The fourth-order valence-electron chi connectivity index (χ4n) is 4.25. The van der Waals surface area contributed by atoms with Gasteiger partial charge in [-0.15, -0.1) is 0 Å². The molecule has 0 spiro atoms. The van der Waals surface area contributed by atoms with Gasteiger partial charge < -0.3 is 5.32 Å². The monoisotopic (exact) mass is 275 g/mol. The highest BCUT2D eigenvalue weighted by Crippen LogP contribution is 2.37. The van der Waals surface area contributed by atoms with Crippen molar-refractivity contribution in [2.24, 2.45) is 11.8 Å². The minimum Gasteiger partial charge on any atom is -0.310 e. The lowest BCUT2D eigenvalue weighted by Gasteiger charge is -2.39. The van der Waals surface area contributed by atoms with Crippen LogP contribution in [0.3, 0.4) is 0 Å². The summed E-state index contributed by atoms with van der Waals surface area (Å²) < 4.78 is 0. The molecule has 1 heterocycles. The topological polar surface area (TPSA) is 39.1 Å². The van der Waals surface area contributed by atoms with Gasteiger partial charge in [0.2, 0.25) is 0 Å². The molecule has 112 valence electrons. The predicted molar refractivity (Wildman–Crippen MR) is 81.3 cm³/mol. The minimum atomic E-state index is 0.615. The first kappa shape index (κ1) is 14.4. The zero-order valence-electron chi connectivity index (χ0n) is 12.7. The number of piperidine rings is 1. The summed E-state index contributed by atoms with van der Waals surface area (Å²) in [5.41, 5.74) is 0. The van der Waals surface area contributed by atoms with Crippen LogP contribution in [0.1, 0.15) is 57.8 Å². The molecule has 0 radical (unpaired) electrons. The molecule has 1 saturated heterocycles. The maximum atomic E-state index is 8.99. The molecule has 2 aliphatic carbocycles. The van der Waals surface area contributed by atoms with E-state index in [-0.39, 0.29) is 0 Å². The van der Waals surface area contributed by atoms with Crippen LogP contribution < -0.4 is 5.32 Å². The van der Waals surface area contributed by atoms with Crippen LogP contribution in [0.15, 0.2) is 0 Å². The molecule has 3 rings (SSSR count). The second-order valence-corrected chi connectivity index (χ2v) is 7.33. The zero-order chi connectivity index (χ0) is 13.8. The summed E-state index contributed by atoms with van der Waals surface area (Å²) in [7, 11) is 0. The highest BCUT2D eigenvalue weighted by molar-refractivity contribution is 4.91. The van der Waals surface area contributed by atoms with Crippen LogP contribution in [0.25, 0.3) is 0 Å². The van der Waals surface area contributed by atoms with E-state index in [2.05, 4.69) is 16.3 Å². The third-order valence-corrected chi connectivity index (χ3v) is 5.35. The van der Waals surface area contributed by atoms with Crippen molar-refractivity contribution in [2.45, 2.75) is 69.9 Å². The van der Waals surface area contributed by atoms with Gasteiger partial charge in [0.1, 0.15) is 0 Å². The molecule has 2 atom stereocenters. The fraction of sp³-hybridized carbons (Fsp3) is 0.941. The summed E-state index contributed by atoms with van der Waals surface area (Å²) in [5, 5.41) is 12.9. The van der Waals surface area contributed by atoms with E-state index in [9.17, 15) is 0 Å². The lowest BCUT2D eigenvalue weighted by Crippen LogP contribution is -2.52. The van der Waals surface area contributed by atoms with Crippen molar-refractivity contribution in [3.63, 3.8) is 0 Å². The van der Waals surface area contributed by atoms with Crippen molar-refractivity contribution >= 4 is 0 Å². The number of nitrogens with zero attached hydrogens (tertiary/aromatic N) is 2. The molecule has 1 N–H and O–H groups in total. The summed E-state index contributed by atoms with van der Waals surface area (Å²) >= 11 is 0. The third kappa shape index (κ3) is 4.20. The van der Waals surface area contributed by atoms with Gasteiger partial charge in [-0.2, -0.15) is 5.26 Å². The number of hydrogen-bond donors (Lipinski definition) is 1. The van der Waals surface area contributed by atoms with E-state index in [1.165, 1.54) is 57.8 Å². The maximum absolute atomic E-state index is 8.99. The van der Waals surface area contributed by atoms with Gasteiger partial charge in [-0.25, -0.2) is 0 Å². The van der Waals surface area contributed by atoms with E-state index in [4.69, 9.17) is 5.26 Å². The standard InChI is InChI=1S/C17H29N3/c18-8-9-20-12-15(10-14-6-7-14)11-17(13-20)19-16-4-2-1-3-5-16/h14-17,19H,1-7,9-13H2. The van der Waals surface area contributed by atoms with E-state index in [1.54, 1.807) is 0 Å². The highest BCUT2D eigenvalue weighted by Gasteiger charge is 2.32. The van der Waals surface area contributed by atoms with Gasteiger partial charge in [0, 0.05) is 25.2 Å². The molecule has 3 heteroatoms. The van der Waals surface area contributed by atoms with Crippen molar-refractivity contribution in [3.05, 3.63) is 0 Å². The van der Waals surface area contributed by atoms with Gasteiger partial charge in [-0.3, -0.25) is 4.90 Å². The first-order valence-corrected chi connectivity index (χ1v) is 8.69. The molecule has 1 aliphatic heterocycles. The number of nitrogens with one attached hydrogen (secondary N) is 1. The van der Waals surface area contributed by atoms with Crippen molar-refractivity contribution in [1.82, 2.24) is 10.2 Å². The molecule has 2 unspecified atom stereocenters. The van der Waals surface area contributed by atoms with Gasteiger partial charge in [0.05, 0.1) is 12.6 Å². The van der Waals surface area contributed by atoms with E-state index >= 15 is 0 Å². The summed E-state index contributed by atoms with van der Waals surface area (Å²) in [5.74, 6) is 1.84. The molecule has 0 aromatic carbocycles. The molecule has 0 aromatic heterocycles. The Morgan fingerprint density at radius 1 is 0.950 bits per heavy atom. The number of hydrogen-bond acceptors (Lipinski definition) is 3. The quantitative estimate of drug-likeness (QED) is 0.784. The highest BCUT2D eigenvalue weighted by atomic mass is 15.2. The van der Waals surface area contributed by atoms with E-state index < -0.39 is 0 Å². The zero-order valence-corrected chi connectivity index (χ0v) is 12.7. The van der Waals surface area contributed by atoms with Crippen molar-refractivity contribution in [3.8, 4) is 6.07 Å². The smallest absolute Gasteiger partial charge is 0.0866 e. The second-order valence-electron chi connectivity index (χ2n) is 7.33. The summed E-state index contributed by atoms with van der Waals surface area (Å²) in [6.45, 7) is 2.86. The molecule has 3 fully saturated rings. The maximum Gasteiger partial charge on any atom is 0.0866 e. The van der Waals surface area contributed by atoms with E-state index in [0.29, 0.717) is 12.6 Å². The SMILES string of the molecule is N#CCN1CC(CC2CC2)CC(NC2CCCCC2)C1. The lowest BCUT2D eigenvalue weighted by atomic mass is 9.88. The molecular weight excluding hydrogens is 246 g/mol. The Morgan fingerprint density at radius 3 is 2.45 bits per heavy atom. The first-order valence-electron chi connectivity index (χ1n) is 8.69. The summed E-state index contributed by atoms with van der Waals surface area (Å²) in [4.78, 5) is 2.39. The molecular formula is C17H29N3. The number of rotatable bonds is 5. The van der Waals surface area contributed by atoms with Crippen LogP contribution in [0.5, 0.6) is 0 Å². The van der Waals surface area contributed by atoms with Crippen LogP contribution in [0.4, 0.5) is 0 Å². The van der Waals surface area contributed by atoms with Gasteiger partial charge in [-0.05, 0) is 37.5 Å².